The number of nitrogens with one attached hydrogen (secondary N) is 2. The number of nitrogens with zero attached hydrogens (tertiary/aromatic N) is 1. The summed E-state index contributed by atoms with van der Waals surface area (Å²) in [6.07, 6.45) is 7.09. The van der Waals surface area contributed by atoms with E-state index in [2.05, 4.69) is 36.6 Å². The third-order valence-corrected chi connectivity index (χ3v) is 4.98. The molecule has 0 radical (unpaired) electrons. The Kier molecular flexibility index (Phi) is 6.76. The van der Waals surface area contributed by atoms with E-state index in [-0.39, 0.29) is 29.9 Å². The minimum absolute atomic E-state index is 0. The maximum Gasteiger partial charge on any atom is 0.237 e. The summed E-state index contributed by atoms with van der Waals surface area (Å²) in [4.78, 5) is 14.5. The second-order valence-electron chi connectivity index (χ2n) is 6.69. The minimum Gasteiger partial charge on any atom is -0.353 e. The fraction of sp³-hybridized carbons (Fsp3) is 0.933. The minimum atomic E-state index is 0. The molecule has 2 aliphatic rings. The van der Waals surface area contributed by atoms with Crippen molar-refractivity contribution in [2.24, 2.45) is 5.92 Å². The lowest BCUT2D eigenvalue weighted by Crippen LogP contribution is -2.56. The van der Waals surface area contributed by atoms with Gasteiger partial charge in [0, 0.05) is 12.1 Å². The third-order valence-electron chi connectivity index (χ3n) is 4.98. The second kappa shape index (κ2) is 7.62. The van der Waals surface area contributed by atoms with E-state index in [9.17, 15) is 4.79 Å². The predicted octanol–water partition coefficient (Wildman–Crippen LogP) is 1.79. The maximum absolute atomic E-state index is 12.1. The van der Waals surface area contributed by atoms with Crippen LogP contribution in [0, 0.1) is 5.92 Å². The fourth-order valence-electron chi connectivity index (χ4n) is 3.64. The van der Waals surface area contributed by atoms with Gasteiger partial charge in [-0.3, -0.25) is 4.79 Å². The highest BCUT2D eigenvalue weighted by atomic mass is 35.5. The Hall–Kier alpha value is -0.320. The van der Waals surface area contributed by atoms with Gasteiger partial charge in [-0.15, -0.1) is 12.4 Å². The van der Waals surface area contributed by atoms with E-state index >= 15 is 0 Å². The van der Waals surface area contributed by atoms with Crippen molar-refractivity contribution in [2.75, 3.05) is 27.2 Å². The van der Waals surface area contributed by atoms with Crippen LogP contribution in [0.2, 0.25) is 0 Å². The highest BCUT2D eigenvalue weighted by Crippen LogP contribution is 2.35. The predicted molar refractivity (Wildman–Crippen MR) is 85.3 cm³/mol. The van der Waals surface area contributed by atoms with E-state index in [1.165, 1.54) is 25.7 Å². The molecule has 0 bridgehead atoms. The van der Waals surface area contributed by atoms with Gasteiger partial charge in [0.1, 0.15) is 0 Å². The summed E-state index contributed by atoms with van der Waals surface area (Å²) in [5.74, 6) is 0.953. The summed E-state index contributed by atoms with van der Waals surface area (Å²) in [6.45, 7) is 4.10. The molecule has 1 aliphatic heterocycles. The van der Waals surface area contributed by atoms with Crippen LogP contribution < -0.4 is 10.6 Å². The molecular weight excluding hydrogens is 274 g/mol. The average molecular weight is 304 g/mol. The largest absolute Gasteiger partial charge is 0.353 e. The van der Waals surface area contributed by atoms with Gasteiger partial charge in [0.15, 0.2) is 0 Å². The van der Waals surface area contributed by atoms with Gasteiger partial charge in [-0.05, 0) is 52.2 Å². The molecule has 2 N–H and O–H groups in total. The van der Waals surface area contributed by atoms with Gasteiger partial charge >= 0.3 is 0 Å². The molecule has 3 atom stereocenters. The van der Waals surface area contributed by atoms with Crippen molar-refractivity contribution in [1.82, 2.24) is 15.5 Å². The van der Waals surface area contributed by atoms with Gasteiger partial charge in [-0.2, -0.15) is 0 Å². The van der Waals surface area contributed by atoms with Crippen molar-refractivity contribution in [2.45, 2.75) is 57.0 Å². The molecule has 1 amide bonds. The topological polar surface area (TPSA) is 44.4 Å². The van der Waals surface area contributed by atoms with Gasteiger partial charge in [-0.1, -0.05) is 19.8 Å². The standard InChI is InChI=1S/C15H29N3O.ClH/c1-12-6-4-8-15(10-12,18(2)3)11-17-14(19)13-7-5-9-16-13;/h12-13,16H,4-11H2,1-3H3,(H,17,19);1H/t12?,13-,15?;/m0./s1. The van der Waals surface area contributed by atoms with Crippen LogP contribution in [-0.2, 0) is 4.79 Å². The number of halogens is 1. The van der Waals surface area contributed by atoms with Crippen molar-refractivity contribution in [3.05, 3.63) is 0 Å². The molecule has 2 fully saturated rings. The van der Waals surface area contributed by atoms with E-state index in [0.717, 1.165) is 31.8 Å². The van der Waals surface area contributed by atoms with Crippen LogP contribution in [0.1, 0.15) is 45.4 Å². The van der Waals surface area contributed by atoms with Crippen molar-refractivity contribution < 1.29 is 4.79 Å². The summed E-state index contributed by atoms with van der Waals surface area (Å²) >= 11 is 0. The van der Waals surface area contributed by atoms with Gasteiger partial charge in [0.2, 0.25) is 5.91 Å². The van der Waals surface area contributed by atoms with Crippen LogP contribution in [0.25, 0.3) is 0 Å². The molecule has 1 heterocycles. The van der Waals surface area contributed by atoms with Gasteiger partial charge in [-0.25, -0.2) is 0 Å². The first-order valence-electron chi connectivity index (χ1n) is 7.72. The van der Waals surface area contributed by atoms with Crippen molar-refractivity contribution in [3.8, 4) is 0 Å². The molecule has 2 rings (SSSR count). The molecule has 5 heteroatoms. The summed E-state index contributed by atoms with van der Waals surface area (Å²) in [5.41, 5.74) is 0.159. The quantitative estimate of drug-likeness (QED) is 0.832. The van der Waals surface area contributed by atoms with Crippen LogP contribution in [0.15, 0.2) is 0 Å². The molecule has 1 saturated heterocycles. The summed E-state index contributed by atoms with van der Waals surface area (Å²) in [7, 11) is 4.30. The van der Waals surface area contributed by atoms with Crippen LogP contribution >= 0.6 is 12.4 Å². The van der Waals surface area contributed by atoms with Gasteiger partial charge in [0.05, 0.1) is 6.04 Å². The van der Waals surface area contributed by atoms with Crippen molar-refractivity contribution >= 4 is 18.3 Å². The molecule has 20 heavy (non-hydrogen) atoms. The molecular formula is C15H30ClN3O. The van der Waals surface area contributed by atoms with E-state index in [4.69, 9.17) is 0 Å². The molecule has 1 aliphatic carbocycles. The first-order chi connectivity index (χ1) is 9.03. The highest BCUT2D eigenvalue weighted by Gasteiger charge is 2.37. The van der Waals surface area contributed by atoms with Crippen molar-refractivity contribution in [1.29, 1.82) is 0 Å². The number of likely N-dealkylation sites (N-methyl/N-ethyl adjacent to an activating group) is 1. The van der Waals surface area contributed by atoms with Crippen LogP contribution in [0.4, 0.5) is 0 Å². The molecule has 0 aromatic heterocycles. The zero-order chi connectivity index (χ0) is 13.9. The molecule has 0 spiro atoms. The highest BCUT2D eigenvalue weighted by molar-refractivity contribution is 5.85. The van der Waals surface area contributed by atoms with E-state index in [1.807, 2.05) is 0 Å². The Morgan fingerprint density at radius 1 is 1.35 bits per heavy atom. The van der Waals surface area contributed by atoms with Crippen LogP contribution in [0.3, 0.4) is 0 Å². The molecule has 118 valence electrons. The zero-order valence-corrected chi connectivity index (χ0v) is 13.9. The summed E-state index contributed by atoms with van der Waals surface area (Å²) in [5, 5.41) is 6.46. The second-order valence-corrected chi connectivity index (χ2v) is 6.69. The van der Waals surface area contributed by atoms with Gasteiger partial charge in [0.25, 0.3) is 0 Å². The number of hydrogen-bond donors (Lipinski definition) is 2. The lowest BCUT2D eigenvalue weighted by molar-refractivity contribution is -0.123. The van der Waals surface area contributed by atoms with E-state index < -0.39 is 0 Å². The van der Waals surface area contributed by atoms with E-state index in [0.29, 0.717) is 0 Å². The van der Waals surface area contributed by atoms with Crippen LogP contribution in [-0.4, -0.2) is 49.6 Å². The Morgan fingerprint density at radius 3 is 2.65 bits per heavy atom. The molecule has 2 unspecified atom stereocenters. The Bertz CT molecular complexity index is 318. The normalized spacial score (nSPS) is 33.8. The Balaban J connectivity index is 0.00000200. The molecule has 0 aromatic rings. The third kappa shape index (κ3) is 4.09. The van der Waals surface area contributed by atoms with E-state index in [1.54, 1.807) is 0 Å². The maximum atomic E-state index is 12.1. The Labute approximate surface area is 129 Å². The number of carbonyl (C=O) groups is 1. The molecule has 4 nitrogen and oxygen atoms in total. The monoisotopic (exact) mass is 303 g/mol. The molecule has 1 saturated carbocycles. The first kappa shape index (κ1) is 17.7. The number of carbonyl (C=O) groups excluding carboxylic acids is 1. The lowest BCUT2D eigenvalue weighted by atomic mass is 9.75. The number of amides is 1. The zero-order valence-electron chi connectivity index (χ0n) is 13.1. The number of hydrogen-bond acceptors (Lipinski definition) is 3. The summed E-state index contributed by atoms with van der Waals surface area (Å²) in [6, 6.07) is 0.0419. The van der Waals surface area contributed by atoms with Gasteiger partial charge < -0.3 is 15.5 Å². The van der Waals surface area contributed by atoms with Crippen LogP contribution in [0.5, 0.6) is 0 Å². The van der Waals surface area contributed by atoms with Crippen molar-refractivity contribution in [3.63, 3.8) is 0 Å². The summed E-state index contributed by atoms with van der Waals surface area (Å²) < 4.78 is 0. The fourth-order valence-corrected chi connectivity index (χ4v) is 3.64. The Morgan fingerprint density at radius 2 is 2.10 bits per heavy atom. The SMILES string of the molecule is CC1CCCC(CNC(=O)[C@@H]2CCCN2)(N(C)C)C1.Cl. The average Bonchev–Trinajstić information content (AvgIpc) is 2.89. The molecule has 0 aromatic carbocycles. The first-order valence-corrected chi connectivity index (χ1v) is 7.72. The number of rotatable bonds is 4. The lowest BCUT2D eigenvalue weighted by Gasteiger charge is -2.45. The smallest absolute Gasteiger partial charge is 0.237 e.